The molecule has 2 heteroatoms. The molecule has 12 heavy (non-hydrogen) atoms. The van der Waals surface area contributed by atoms with E-state index in [9.17, 15) is 4.79 Å². The van der Waals surface area contributed by atoms with E-state index in [2.05, 4.69) is 15.9 Å². The fraction of sp³-hybridized carbons (Fsp3) is 0.100. The van der Waals surface area contributed by atoms with Crippen molar-refractivity contribution < 1.29 is 4.79 Å². The summed E-state index contributed by atoms with van der Waals surface area (Å²) >= 11 is 3.34. The van der Waals surface area contributed by atoms with Crippen molar-refractivity contribution in [2.24, 2.45) is 0 Å². The van der Waals surface area contributed by atoms with Crippen LogP contribution in [0.25, 0.3) is 6.08 Å². The minimum absolute atomic E-state index is 0.734. The molecule has 62 valence electrons. The molecule has 0 aliphatic carbocycles. The number of aldehydes is 1. The largest absolute Gasteiger partial charge is 0.298 e. The fourth-order valence-corrected chi connectivity index (χ4v) is 1.12. The molecule has 0 spiro atoms. The van der Waals surface area contributed by atoms with Gasteiger partial charge in [0.25, 0.3) is 0 Å². The van der Waals surface area contributed by atoms with Crippen LogP contribution in [-0.4, -0.2) is 6.29 Å². The number of carbonyl (C=O) groups excluding carboxylic acids is 1. The summed E-state index contributed by atoms with van der Waals surface area (Å²) in [6.45, 7) is 1.79. The lowest BCUT2D eigenvalue weighted by atomic mass is 10.1. The predicted molar refractivity (Wildman–Crippen MR) is 53.9 cm³/mol. The van der Waals surface area contributed by atoms with Crippen LogP contribution in [0, 0.1) is 0 Å². The number of rotatable bonds is 2. The standard InChI is InChI=1S/C10H9BrO/c1-8(7-12)6-9-2-4-10(11)5-3-9/h2-7H,1H3. The predicted octanol–water partition coefficient (Wildman–Crippen LogP) is 3.05. The number of hydrogen-bond donors (Lipinski definition) is 0. The highest BCUT2D eigenvalue weighted by molar-refractivity contribution is 9.10. The van der Waals surface area contributed by atoms with E-state index < -0.39 is 0 Å². The number of benzene rings is 1. The van der Waals surface area contributed by atoms with Gasteiger partial charge in [0.15, 0.2) is 0 Å². The van der Waals surface area contributed by atoms with Crippen molar-refractivity contribution in [2.75, 3.05) is 0 Å². The third-order valence-electron chi connectivity index (χ3n) is 1.45. The van der Waals surface area contributed by atoms with Crippen LogP contribution >= 0.6 is 15.9 Å². The van der Waals surface area contributed by atoms with Crippen LogP contribution in [0.3, 0.4) is 0 Å². The van der Waals surface area contributed by atoms with Gasteiger partial charge in [-0.1, -0.05) is 28.1 Å². The van der Waals surface area contributed by atoms with Crippen molar-refractivity contribution in [3.63, 3.8) is 0 Å². The maximum Gasteiger partial charge on any atom is 0.145 e. The van der Waals surface area contributed by atoms with E-state index >= 15 is 0 Å². The van der Waals surface area contributed by atoms with Crippen LogP contribution < -0.4 is 0 Å². The molecule has 0 heterocycles. The van der Waals surface area contributed by atoms with Gasteiger partial charge in [-0.25, -0.2) is 0 Å². The molecule has 0 amide bonds. The lowest BCUT2D eigenvalue weighted by molar-refractivity contribution is -0.104. The first-order valence-electron chi connectivity index (χ1n) is 3.61. The van der Waals surface area contributed by atoms with Crippen LogP contribution in [0.15, 0.2) is 34.3 Å². The summed E-state index contributed by atoms with van der Waals surface area (Å²) < 4.78 is 1.04. The highest BCUT2D eigenvalue weighted by atomic mass is 79.9. The Bertz CT molecular complexity index is 298. The summed E-state index contributed by atoms with van der Waals surface area (Å²) in [6.07, 6.45) is 2.70. The first kappa shape index (κ1) is 9.20. The SMILES string of the molecule is CC(C=O)=Cc1ccc(Br)cc1. The Hall–Kier alpha value is -0.890. The molecule has 0 unspecified atom stereocenters. The van der Waals surface area contributed by atoms with Crippen molar-refractivity contribution in [1.29, 1.82) is 0 Å². The molecule has 1 rings (SSSR count). The normalized spacial score (nSPS) is 11.3. The summed E-state index contributed by atoms with van der Waals surface area (Å²) in [5.41, 5.74) is 1.78. The van der Waals surface area contributed by atoms with Crippen molar-refractivity contribution in [2.45, 2.75) is 6.92 Å². The Kier molecular flexibility index (Phi) is 3.23. The van der Waals surface area contributed by atoms with Gasteiger partial charge in [-0.3, -0.25) is 4.79 Å². The maximum absolute atomic E-state index is 10.3. The zero-order valence-corrected chi connectivity index (χ0v) is 8.34. The molecule has 1 aromatic carbocycles. The van der Waals surface area contributed by atoms with Crippen molar-refractivity contribution in [1.82, 2.24) is 0 Å². The molecule has 1 nitrogen and oxygen atoms in total. The number of allylic oxidation sites excluding steroid dienone is 1. The Balaban J connectivity index is 2.91. The fourth-order valence-electron chi connectivity index (χ4n) is 0.856. The van der Waals surface area contributed by atoms with Crippen LogP contribution in [0.1, 0.15) is 12.5 Å². The molecule has 0 fully saturated rings. The van der Waals surface area contributed by atoms with Gasteiger partial charge in [-0.05, 0) is 36.3 Å². The van der Waals surface area contributed by atoms with Crippen LogP contribution in [-0.2, 0) is 4.79 Å². The van der Waals surface area contributed by atoms with E-state index in [1.165, 1.54) is 0 Å². The zero-order chi connectivity index (χ0) is 8.97. The topological polar surface area (TPSA) is 17.1 Å². The minimum Gasteiger partial charge on any atom is -0.298 e. The summed E-state index contributed by atoms with van der Waals surface area (Å²) in [5.74, 6) is 0. The third-order valence-corrected chi connectivity index (χ3v) is 1.98. The Morgan fingerprint density at radius 1 is 1.33 bits per heavy atom. The highest BCUT2D eigenvalue weighted by Gasteiger charge is 1.89. The lowest BCUT2D eigenvalue weighted by Gasteiger charge is -1.93. The van der Waals surface area contributed by atoms with E-state index in [-0.39, 0.29) is 0 Å². The smallest absolute Gasteiger partial charge is 0.145 e. The molecule has 0 aromatic heterocycles. The van der Waals surface area contributed by atoms with E-state index in [1.807, 2.05) is 30.3 Å². The molecule has 0 saturated carbocycles. The lowest BCUT2D eigenvalue weighted by Crippen LogP contribution is -1.77. The molecule has 0 aliphatic heterocycles. The van der Waals surface area contributed by atoms with Crippen molar-refractivity contribution in [3.05, 3.63) is 39.9 Å². The van der Waals surface area contributed by atoms with Gasteiger partial charge in [0.2, 0.25) is 0 Å². The second kappa shape index (κ2) is 4.21. The molecule has 0 saturated heterocycles. The van der Waals surface area contributed by atoms with Gasteiger partial charge >= 0.3 is 0 Å². The van der Waals surface area contributed by atoms with Gasteiger partial charge in [-0.2, -0.15) is 0 Å². The molecule has 0 N–H and O–H groups in total. The molecule has 0 aliphatic rings. The van der Waals surface area contributed by atoms with Gasteiger partial charge in [0, 0.05) is 4.47 Å². The van der Waals surface area contributed by atoms with E-state index in [4.69, 9.17) is 0 Å². The Morgan fingerprint density at radius 3 is 2.42 bits per heavy atom. The quantitative estimate of drug-likeness (QED) is 0.558. The van der Waals surface area contributed by atoms with Crippen molar-refractivity contribution in [3.8, 4) is 0 Å². The number of halogens is 1. The summed E-state index contributed by atoms with van der Waals surface area (Å²) in [7, 11) is 0. The average Bonchev–Trinajstić information content (AvgIpc) is 2.09. The van der Waals surface area contributed by atoms with Gasteiger partial charge in [0.05, 0.1) is 0 Å². The summed E-state index contributed by atoms with van der Waals surface area (Å²) in [6, 6.07) is 7.81. The van der Waals surface area contributed by atoms with E-state index in [0.717, 1.165) is 21.9 Å². The number of carbonyl (C=O) groups is 1. The minimum atomic E-state index is 0.734. The second-order valence-corrected chi connectivity index (χ2v) is 3.47. The highest BCUT2D eigenvalue weighted by Crippen LogP contribution is 2.12. The second-order valence-electron chi connectivity index (χ2n) is 2.56. The zero-order valence-electron chi connectivity index (χ0n) is 6.75. The molecule has 0 atom stereocenters. The maximum atomic E-state index is 10.3. The Morgan fingerprint density at radius 2 is 1.92 bits per heavy atom. The first-order valence-corrected chi connectivity index (χ1v) is 4.41. The monoisotopic (exact) mass is 224 g/mol. The first-order chi connectivity index (χ1) is 5.72. The van der Waals surface area contributed by atoms with Gasteiger partial charge in [0.1, 0.15) is 6.29 Å². The molecule has 0 bridgehead atoms. The molecule has 1 aromatic rings. The van der Waals surface area contributed by atoms with Gasteiger partial charge < -0.3 is 0 Å². The Labute approximate surface area is 80.2 Å². The summed E-state index contributed by atoms with van der Waals surface area (Å²) in [5, 5.41) is 0. The van der Waals surface area contributed by atoms with Crippen LogP contribution in [0.2, 0.25) is 0 Å². The molecular weight excluding hydrogens is 216 g/mol. The van der Waals surface area contributed by atoms with Crippen LogP contribution in [0.5, 0.6) is 0 Å². The average molecular weight is 225 g/mol. The van der Waals surface area contributed by atoms with Crippen molar-refractivity contribution >= 4 is 28.3 Å². The van der Waals surface area contributed by atoms with E-state index in [0.29, 0.717) is 0 Å². The third kappa shape index (κ3) is 2.62. The number of hydrogen-bond acceptors (Lipinski definition) is 1. The molecule has 0 radical (unpaired) electrons. The molecular formula is C10H9BrO. The van der Waals surface area contributed by atoms with Gasteiger partial charge in [-0.15, -0.1) is 0 Å². The summed E-state index contributed by atoms with van der Waals surface area (Å²) in [4.78, 5) is 10.3. The van der Waals surface area contributed by atoms with E-state index in [1.54, 1.807) is 6.92 Å². The van der Waals surface area contributed by atoms with Crippen LogP contribution in [0.4, 0.5) is 0 Å².